The van der Waals surface area contributed by atoms with Gasteiger partial charge in [0.05, 0.1) is 10.2 Å². The Morgan fingerprint density at radius 2 is 2.31 bits per heavy atom. The molecule has 1 aromatic carbocycles. The number of thiazole rings is 1. The Bertz CT molecular complexity index is 455. The van der Waals surface area contributed by atoms with Crippen LogP contribution in [0.5, 0.6) is 0 Å². The minimum absolute atomic E-state index is 0. The van der Waals surface area contributed by atoms with Crippen molar-refractivity contribution in [1.29, 1.82) is 0 Å². The Balaban J connectivity index is -0.0000000700. The second-order valence-corrected chi connectivity index (χ2v) is 3.47. The minimum atomic E-state index is 0. The number of rotatable bonds is 1. The van der Waals surface area contributed by atoms with Crippen molar-refractivity contribution < 1.29 is 9.99 Å². The summed E-state index contributed by atoms with van der Waals surface area (Å²) in [6, 6.07) is 10.1. The molecule has 2 N–H and O–H groups in total. The number of terminal acetylenes is 1. The van der Waals surface area contributed by atoms with Crippen LogP contribution in [0.2, 0.25) is 0 Å². The summed E-state index contributed by atoms with van der Waals surface area (Å²) in [5, 5.41) is 1.83. The van der Waals surface area contributed by atoms with Gasteiger partial charge in [-0.25, -0.2) is 15.8 Å². The molecule has 78 valence electrons. The lowest BCUT2D eigenvalue weighted by atomic mass is 10.3. The lowest BCUT2D eigenvalue weighted by Crippen LogP contribution is -2.23. The van der Waals surface area contributed by atoms with Crippen molar-refractivity contribution in [1.82, 2.24) is 4.98 Å². The van der Waals surface area contributed by atoms with E-state index < -0.39 is 0 Å². The minimum Gasteiger partial charge on any atom is -0.233 e. The number of benzene rings is 1. The van der Waals surface area contributed by atoms with Crippen LogP contribution in [0.4, 0.5) is 5.13 Å². The van der Waals surface area contributed by atoms with Crippen molar-refractivity contribution in [2.75, 3.05) is 5.01 Å². The molecule has 0 radical (unpaired) electrons. The van der Waals surface area contributed by atoms with Gasteiger partial charge in [0.25, 0.3) is 0 Å². The molecular formula is C9H21N3S. The van der Waals surface area contributed by atoms with E-state index in [1.807, 2.05) is 24.3 Å². The van der Waals surface area contributed by atoms with Gasteiger partial charge in [0, 0.05) is 16.0 Å². The number of hydrogen-bond acceptors (Lipinski definition) is 4. The summed E-state index contributed by atoms with van der Waals surface area (Å²) in [6.07, 6.45) is 5.14. The molecular weight excluding hydrogens is 182 g/mol. The Kier molecular flexibility index (Phi) is 1.89. The lowest BCUT2D eigenvalue weighted by Gasteiger charge is -2.02. The van der Waals surface area contributed by atoms with Gasteiger partial charge in [-0.05, 0) is 12.1 Å². The fourth-order valence-electron chi connectivity index (χ4n) is 1.02. The van der Waals surface area contributed by atoms with Gasteiger partial charge >= 0.3 is 0 Å². The van der Waals surface area contributed by atoms with Gasteiger partial charge in [-0.1, -0.05) is 29.9 Å². The Morgan fingerprint density at radius 1 is 1.54 bits per heavy atom. The predicted molar refractivity (Wildman–Crippen MR) is 69.9 cm³/mol. The normalized spacial score (nSPS) is 9.85. The van der Waals surface area contributed by atoms with Crippen molar-refractivity contribution in [2.24, 2.45) is 5.84 Å². The molecule has 13 heavy (non-hydrogen) atoms. The molecule has 0 bridgehead atoms. The maximum absolute atomic E-state index is 5.50. The van der Waals surface area contributed by atoms with Crippen LogP contribution in [0, 0.1) is 12.5 Å². The van der Waals surface area contributed by atoms with Crippen LogP contribution in [0.25, 0.3) is 10.2 Å². The predicted octanol–water partition coefficient (Wildman–Crippen LogP) is 3.29. The molecule has 4 heteroatoms. The van der Waals surface area contributed by atoms with E-state index in [2.05, 4.69) is 11.0 Å². The Morgan fingerprint density at radius 3 is 3.00 bits per heavy atom. The zero-order valence-electron chi connectivity index (χ0n) is 6.77. The summed E-state index contributed by atoms with van der Waals surface area (Å²) >= 11 is 1.48. The van der Waals surface area contributed by atoms with E-state index in [0.29, 0.717) is 5.13 Å². The SMILES string of the molecule is C#CN(N)c1nc2ccccc2s1.[HH].[HH].[HH].[HH].[HH].[HH].[HH]. The molecule has 0 saturated carbocycles. The van der Waals surface area contributed by atoms with Crippen molar-refractivity contribution in [3.05, 3.63) is 24.3 Å². The Hall–Kier alpha value is -1.57. The third-order valence-electron chi connectivity index (χ3n) is 1.63. The van der Waals surface area contributed by atoms with Gasteiger partial charge < -0.3 is 0 Å². The number of nitrogens with zero attached hydrogens (tertiary/aromatic N) is 2. The molecule has 0 amide bonds. The summed E-state index contributed by atoms with van der Waals surface area (Å²) < 4.78 is 1.09. The van der Waals surface area contributed by atoms with Gasteiger partial charge in [-0.2, -0.15) is 0 Å². The third-order valence-corrected chi connectivity index (χ3v) is 2.66. The fraction of sp³-hybridized carbons (Fsp3) is 0. The maximum Gasteiger partial charge on any atom is 0.213 e. The maximum atomic E-state index is 5.50. The quantitative estimate of drug-likeness (QED) is 0.335. The summed E-state index contributed by atoms with van der Waals surface area (Å²) in [4.78, 5) is 4.26. The standard InChI is InChI=1S/C9H7N3S.7H2/c1-2-12(10)9-11-7-5-3-4-6-8(7)13-9;;;;;;;/h1,3-6H,10H2;7*1H. The molecule has 1 aromatic heterocycles. The number of para-hydroxylation sites is 1. The molecule has 0 saturated heterocycles. The summed E-state index contributed by atoms with van der Waals surface area (Å²) in [5.74, 6) is 5.50. The van der Waals surface area contributed by atoms with Crippen LogP contribution in [0.15, 0.2) is 24.3 Å². The first-order valence-electron chi connectivity index (χ1n) is 3.68. The first kappa shape index (κ1) is 8.05. The monoisotopic (exact) mass is 203 g/mol. The molecule has 0 fully saturated rings. The molecule has 0 atom stereocenters. The van der Waals surface area contributed by atoms with E-state index in [1.54, 1.807) is 0 Å². The second kappa shape index (κ2) is 3.05. The molecule has 0 aliphatic carbocycles. The fourth-order valence-corrected chi connectivity index (χ4v) is 1.87. The van der Waals surface area contributed by atoms with Crippen molar-refractivity contribution in [3.8, 4) is 12.5 Å². The van der Waals surface area contributed by atoms with E-state index in [0.717, 1.165) is 10.2 Å². The molecule has 0 aliphatic heterocycles. The van der Waals surface area contributed by atoms with Crippen molar-refractivity contribution in [2.45, 2.75) is 0 Å². The van der Waals surface area contributed by atoms with Crippen LogP contribution in [-0.2, 0) is 0 Å². The van der Waals surface area contributed by atoms with E-state index in [9.17, 15) is 0 Å². The highest BCUT2D eigenvalue weighted by Crippen LogP contribution is 2.26. The van der Waals surface area contributed by atoms with Gasteiger partial charge in [0.15, 0.2) is 0 Å². The number of hydrazine groups is 1. The zero-order valence-corrected chi connectivity index (χ0v) is 7.58. The van der Waals surface area contributed by atoms with E-state index >= 15 is 0 Å². The van der Waals surface area contributed by atoms with Crippen molar-refractivity contribution >= 4 is 26.7 Å². The highest BCUT2D eigenvalue weighted by molar-refractivity contribution is 7.22. The molecule has 0 aliphatic rings. The molecule has 3 nitrogen and oxygen atoms in total. The van der Waals surface area contributed by atoms with Crippen LogP contribution in [-0.4, -0.2) is 4.98 Å². The average Bonchev–Trinajstić information content (AvgIpc) is 2.59. The largest absolute Gasteiger partial charge is 0.233 e. The number of fused-ring (bicyclic) bond motifs is 1. The summed E-state index contributed by atoms with van der Waals surface area (Å²) in [7, 11) is 0. The van der Waals surface area contributed by atoms with E-state index in [1.165, 1.54) is 16.3 Å². The highest BCUT2D eigenvalue weighted by atomic mass is 32.1. The van der Waals surface area contributed by atoms with Gasteiger partial charge in [0.2, 0.25) is 5.13 Å². The molecule has 2 aromatic rings. The zero-order chi connectivity index (χ0) is 9.26. The second-order valence-electron chi connectivity index (χ2n) is 2.46. The van der Waals surface area contributed by atoms with Crippen LogP contribution in [0.1, 0.15) is 9.99 Å². The van der Waals surface area contributed by atoms with Crippen LogP contribution < -0.4 is 10.9 Å². The molecule has 2 rings (SSSR count). The average molecular weight is 203 g/mol. The smallest absolute Gasteiger partial charge is 0.213 e. The molecule has 1 heterocycles. The van der Waals surface area contributed by atoms with Crippen LogP contribution in [0.3, 0.4) is 0 Å². The number of anilines is 1. The third kappa shape index (κ3) is 1.35. The number of nitrogens with two attached hydrogens (primary N) is 1. The summed E-state index contributed by atoms with van der Waals surface area (Å²) in [6.45, 7) is 0. The summed E-state index contributed by atoms with van der Waals surface area (Å²) in [5.41, 5.74) is 0.924. The van der Waals surface area contributed by atoms with Crippen molar-refractivity contribution in [3.63, 3.8) is 0 Å². The van der Waals surface area contributed by atoms with Crippen LogP contribution >= 0.6 is 11.3 Å². The highest BCUT2D eigenvalue weighted by Gasteiger charge is 2.05. The Labute approximate surface area is 90.2 Å². The molecule has 0 unspecified atom stereocenters. The molecule has 0 spiro atoms. The number of aromatic nitrogens is 1. The van der Waals surface area contributed by atoms with Gasteiger partial charge in [0.1, 0.15) is 0 Å². The number of hydrogen-bond donors (Lipinski definition) is 1. The van der Waals surface area contributed by atoms with E-state index in [-0.39, 0.29) is 9.99 Å². The first-order chi connectivity index (χ1) is 6.31. The van der Waals surface area contributed by atoms with Gasteiger partial charge in [-0.15, -0.1) is 0 Å². The first-order valence-corrected chi connectivity index (χ1v) is 4.49. The van der Waals surface area contributed by atoms with E-state index in [4.69, 9.17) is 12.3 Å². The topological polar surface area (TPSA) is 42.1 Å². The van der Waals surface area contributed by atoms with Gasteiger partial charge in [-0.3, -0.25) is 0 Å². The lowest BCUT2D eigenvalue weighted by molar-refractivity contribution is 1.10.